The van der Waals surface area contributed by atoms with Gasteiger partial charge in [-0.1, -0.05) is 18.2 Å². The van der Waals surface area contributed by atoms with Crippen molar-refractivity contribution >= 4 is 24.8 Å². The third-order valence-electron chi connectivity index (χ3n) is 2.83. The Labute approximate surface area is 125 Å². The van der Waals surface area contributed by atoms with Gasteiger partial charge in [0, 0.05) is 18.3 Å². The van der Waals surface area contributed by atoms with Crippen molar-refractivity contribution in [1.82, 2.24) is 4.98 Å². The molecular weight excluding hydrogens is 286 g/mol. The Balaban J connectivity index is 0.00000162. The van der Waals surface area contributed by atoms with E-state index in [4.69, 9.17) is 5.73 Å². The molecule has 0 radical (unpaired) electrons. The molecule has 0 saturated carbocycles. The highest BCUT2D eigenvalue weighted by Gasteiger charge is 2.10. The summed E-state index contributed by atoms with van der Waals surface area (Å²) in [7, 11) is 0. The average molecular weight is 303 g/mol. The lowest BCUT2D eigenvalue weighted by molar-refractivity contribution is 0.623. The van der Waals surface area contributed by atoms with Crippen molar-refractivity contribution in [2.45, 2.75) is 12.3 Å². The van der Waals surface area contributed by atoms with Gasteiger partial charge in [0.1, 0.15) is 5.82 Å². The van der Waals surface area contributed by atoms with E-state index < -0.39 is 0 Å². The summed E-state index contributed by atoms with van der Waals surface area (Å²) in [6.07, 6.45) is 4.42. The number of aromatic nitrogens is 1. The van der Waals surface area contributed by atoms with E-state index in [0.717, 1.165) is 17.5 Å². The first-order valence-electron chi connectivity index (χ1n) is 5.64. The second-order valence-corrected chi connectivity index (χ2v) is 4.05. The maximum absolute atomic E-state index is 12.8. The molecule has 1 atom stereocenters. The van der Waals surface area contributed by atoms with Gasteiger partial charge in [0.15, 0.2) is 0 Å². The van der Waals surface area contributed by atoms with Gasteiger partial charge in [-0.05, 0) is 42.3 Å². The predicted molar refractivity (Wildman–Crippen MR) is 80.6 cm³/mol. The summed E-state index contributed by atoms with van der Waals surface area (Å²) in [5.74, 6) is -0.00861. The molecule has 104 valence electrons. The minimum atomic E-state index is -0.217. The Morgan fingerprint density at radius 2 is 1.79 bits per heavy atom. The molecule has 1 unspecified atom stereocenters. The fourth-order valence-corrected chi connectivity index (χ4v) is 1.88. The number of hydrogen-bond donors (Lipinski definition) is 1. The van der Waals surface area contributed by atoms with Crippen LogP contribution in [-0.2, 0) is 6.42 Å². The van der Waals surface area contributed by atoms with E-state index in [2.05, 4.69) is 4.98 Å². The maximum Gasteiger partial charge on any atom is 0.123 e. The summed E-state index contributed by atoms with van der Waals surface area (Å²) >= 11 is 0. The largest absolute Gasteiger partial charge is 0.330 e. The lowest BCUT2D eigenvalue weighted by Gasteiger charge is -2.15. The zero-order valence-corrected chi connectivity index (χ0v) is 12.0. The maximum atomic E-state index is 12.8. The molecular formula is C14H17Cl2FN2. The Hall–Kier alpha value is -1.16. The van der Waals surface area contributed by atoms with Crippen molar-refractivity contribution in [2.75, 3.05) is 6.54 Å². The van der Waals surface area contributed by atoms with Crippen LogP contribution in [0.1, 0.15) is 17.0 Å². The van der Waals surface area contributed by atoms with Crippen LogP contribution >= 0.6 is 24.8 Å². The van der Waals surface area contributed by atoms with Gasteiger partial charge in [-0.2, -0.15) is 0 Å². The molecule has 2 aromatic rings. The fourth-order valence-electron chi connectivity index (χ4n) is 1.88. The third kappa shape index (κ3) is 5.15. The van der Waals surface area contributed by atoms with E-state index in [1.165, 1.54) is 12.1 Å². The number of nitrogens with two attached hydrogens (primary N) is 1. The predicted octanol–water partition coefficient (Wildman–Crippen LogP) is 3.35. The van der Waals surface area contributed by atoms with Gasteiger partial charge >= 0.3 is 0 Å². The molecule has 2 N–H and O–H groups in total. The molecule has 0 aliphatic carbocycles. The van der Waals surface area contributed by atoms with Crippen molar-refractivity contribution in [3.8, 4) is 0 Å². The quantitative estimate of drug-likeness (QED) is 0.940. The lowest BCUT2D eigenvalue weighted by Crippen LogP contribution is -2.15. The van der Waals surface area contributed by atoms with E-state index in [1.54, 1.807) is 18.3 Å². The van der Waals surface area contributed by atoms with E-state index in [1.807, 2.05) is 18.3 Å². The summed E-state index contributed by atoms with van der Waals surface area (Å²) in [5.41, 5.74) is 7.99. The van der Waals surface area contributed by atoms with Crippen molar-refractivity contribution in [1.29, 1.82) is 0 Å². The van der Waals surface area contributed by atoms with Gasteiger partial charge < -0.3 is 5.73 Å². The summed E-state index contributed by atoms with van der Waals surface area (Å²) in [6, 6.07) is 10.5. The van der Waals surface area contributed by atoms with Crippen LogP contribution in [0.15, 0.2) is 48.8 Å². The third-order valence-corrected chi connectivity index (χ3v) is 2.83. The summed E-state index contributed by atoms with van der Waals surface area (Å²) in [5, 5.41) is 0. The normalized spacial score (nSPS) is 11.1. The zero-order valence-electron chi connectivity index (χ0n) is 10.3. The van der Waals surface area contributed by atoms with Crippen molar-refractivity contribution in [3.05, 3.63) is 65.7 Å². The van der Waals surface area contributed by atoms with Crippen LogP contribution in [0.5, 0.6) is 0 Å². The van der Waals surface area contributed by atoms with Gasteiger partial charge in [-0.3, -0.25) is 4.98 Å². The van der Waals surface area contributed by atoms with Gasteiger partial charge in [0.05, 0.1) is 0 Å². The highest BCUT2D eigenvalue weighted by atomic mass is 35.5. The molecule has 0 aliphatic heterocycles. The molecule has 0 spiro atoms. The number of pyridine rings is 1. The van der Waals surface area contributed by atoms with E-state index >= 15 is 0 Å². The summed E-state index contributed by atoms with van der Waals surface area (Å²) in [6.45, 7) is 0.542. The van der Waals surface area contributed by atoms with Crippen LogP contribution in [0.25, 0.3) is 0 Å². The topological polar surface area (TPSA) is 38.9 Å². The zero-order chi connectivity index (χ0) is 12.1. The monoisotopic (exact) mass is 302 g/mol. The smallest absolute Gasteiger partial charge is 0.123 e. The van der Waals surface area contributed by atoms with Crippen LogP contribution in [0.2, 0.25) is 0 Å². The van der Waals surface area contributed by atoms with Crippen LogP contribution in [0.4, 0.5) is 4.39 Å². The van der Waals surface area contributed by atoms with Crippen molar-refractivity contribution < 1.29 is 4.39 Å². The molecule has 2 nitrogen and oxygen atoms in total. The van der Waals surface area contributed by atoms with Crippen LogP contribution in [-0.4, -0.2) is 11.5 Å². The second kappa shape index (κ2) is 8.86. The highest BCUT2D eigenvalue weighted by Crippen LogP contribution is 2.19. The molecule has 0 bridgehead atoms. The number of nitrogens with zero attached hydrogens (tertiary/aromatic N) is 1. The molecule has 0 aliphatic rings. The summed E-state index contributed by atoms with van der Waals surface area (Å²) < 4.78 is 12.8. The van der Waals surface area contributed by atoms with Gasteiger partial charge in [-0.25, -0.2) is 4.39 Å². The Morgan fingerprint density at radius 1 is 1.11 bits per heavy atom. The fraction of sp³-hybridized carbons (Fsp3) is 0.214. The number of halogens is 3. The van der Waals surface area contributed by atoms with Crippen LogP contribution in [0.3, 0.4) is 0 Å². The first-order chi connectivity index (χ1) is 8.29. The molecule has 1 aromatic heterocycles. The van der Waals surface area contributed by atoms with E-state index in [-0.39, 0.29) is 36.5 Å². The first kappa shape index (κ1) is 17.8. The molecule has 0 fully saturated rings. The number of benzene rings is 1. The minimum Gasteiger partial charge on any atom is -0.330 e. The molecule has 2 rings (SSSR count). The second-order valence-electron chi connectivity index (χ2n) is 4.05. The molecule has 1 aromatic carbocycles. The van der Waals surface area contributed by atoms with E-state index in [0.29, 0.717) is 6.54 Å². The number of rotatable bonds is 4. The van der Waals surface area contributed by atoms with Crippen molar-refractivity contribution in [3.63, 3.8) is 0 Å². The molecule has 1 heterocycles. The Kier molecular flexibility index (Phi) is 8.32. The van der Waals surface area contributed by atoms with Crippen LogP contribution in [0, 0.1) is 5.82 Å². The first-order valence-corrected chi connectivity index (χ1v) is 5.64. The minimum absolute atomic E-state index is 0. The standard InChI is InChI=1S/C14H15FN2.2ClH/c15-14-5-3-12(4-6-14)13(9-16)8-11-2-1-7-17-10-11;;/h1-7,10,13H,8-9,16H2;2*1H. The Morgan fingerprint density at radius 3 is 2.32 bits per heavy atom. The van der Waals surface area contributed by atoms with Gasteiger partial charge in [0.25, 0.3) is 0 Å². The van der Waals surface area contributed by atoms with Crippen LogP contribution < -0.4 is 5.73 Å². The molecule has 0 saturated heterocycles. The number of hydrogen-bond acceptors (Lipinski definition) is 2. The summed E-state index contributed by atoms with van der Waals surface area (Å²) in [4.78, 5) is 4.08. The van der Waals surface area contributed by atoms with Gasteiger partial charge in [0.2, 0.25) is 0 Å². The molecule has 0 amide bonds. The molecule has 19 heavy (non-hydrogen) atoms. The highest BCUT2D eigenvalue weighted by molar-refractivity contribution is 5.85. The Bertz CT molecular complexity index is 463. The SMILES string of the molecule is Cl.Cl.NCC(Cc1cccnc1)c1ccc(F)cc1. The van der Waals surface area contributed by atoms with E-state index in [9.17, 15) is 4.39 Å². The van der Waals surface area contributed by atoms with Crippen molar-refractivity contribution in [2.24, 2.45) is 5.73 Å². The molecule has 5 heteroatoms. The average Bonchev–Trinajstić information content (AvgIpc) is 2.38. The van der Waals surface area contributed by atoms with Gasteiger partial charge in [-0.15, -0.1) is 24.8 Å². The lowest BCUT2D eigenvalue weighted by atomic mass is 9.93.